The summed E-state index contributed by atoms with van der Waals surface area (Å²) in [5, 5.41) is 10.8. The molecule has 2 aromatic rings. The fraction of sp³-hybridized carbons (Fsp3) is 0.400. The zero-order valence-electron chi connectivity index (χ0n) is 15.1. The van der Waals surface area contributed by atoms with Gasteiger partial charge >= 0.3 is 0 Å². The third-order valence-electron chi connectivity index (χ3n) is 5.36. The normalized spacial score (nSPS) is 18.1. The van der Waals surface area contributed by atoms with Crippen molar-refractivity contribution in [1.29, 1.82) is 0 Å². The van der Waals surface area contributed by atoms with Gasteiger partial charge < -0.3 is 5.32 Å². The van der Waals surface area contributed by atoms with Crippen LogP contribution in [0.1, 0.15) is 49.3 Å². The van der Waals surface area contributed by atoms with Gasteiger partial charge in [-0.25, -0.2) is 18.7 Å². The molecule has 0 saturated heterocycles. The number of nitrogens with zero attached hydrogens (tertiary/aromatic N) is 4. The number of anilines is 1. The molecule has 0 spiro atoms. The van der Waals surface area contributed by atoms with Crippen LogP contribution in [0.25, 0.3) is 0 Å². The number of hydrogen-bond acceptors (Lipinski definition) is 5. The standard InChI is InChI=1S/C20H21F2N5/c1-2-13-4-6-15(7-5-13)20(8-3-9-20)25-19-23-11-14(12-24-19)16-10-17(18(21)22)27-26-16/h4-7,11-12,18H,2-3,8-10H2,1H3,(H,23,24,25). The number of aryl methyl sites for hydroxylation is 1. The number of hydrogen-bond donors (Lipinski definition) is 1. The van der Waals surface area contributed by atoms with Crippen LogP contribution in [0.15, 0.2) is 46.9 Å². The van der Waals surface area contributed by atoms with Gasteiger partial charge in [0.05, 0.1) is 11.3 Å². The van der Waals surface area contributed by atoms with Crippen molar-refractivity contribution in [1.82, 2.24) is 9.97 Å². The molecule has 0 atom stereocenters. The Labute approximate surface area is 156 Å². The van der Waals surface area contributed by atoms with E-state index < -0.39 is 6.43 Å². The van der Waals surface area contributed by atoms with Gasteiger partial charge in [0.2, 0.25) is 5.95 Å². The molecule has 0 amide bonds. The van der Waals surface area contributed by atoms with Crippen LogP contribution in [-0.4, -0.2) is 27.8 Å². The Kier molecular flexibility index (Phi) is 4.68. The molecule has 140 valence electrons. The second-order valence-electron chi connectivity index (χ2n) is 7.02. The molecule has 1 saturated carbocycles. The lowest BCUT2D eigenvalue weighted by atomic mass is 9.71. The molecule has 4 rings (SSSR count). The fourth-order valence-corrected chi connectivity index (χ4v) is 3.48. The smallest absolute Gasteiger partial charge is 0.278 e. The summed E-state index contributed by atoms with van der Waals surface area (Å²) >= 11 is 0. The Morgan fingerprint density at radius 3 is 2.30 bits per heavy atom. The average molecular weight is 369 g/mol. The lowest BCUT2D eigenvalue weighted by Gasteiger charge is -2.43. The van der Waals surface area contributed by atoms with Crippen molar-refractivity contribution in [3.05, 3.63) is 53.3 Å². The summed E-state index contributed by atoms with van der Waals surface area (Å²) < 4.78 is 25.4. The van der Waals surface area contributed by atoms with Gasteiger partial charge in [-0.2, -0.15) is 10.2 Å². The fourth-order valence-electron chi connectivity index (χ4n) is 3.48. The maximum absolute atomic E-state index is 12.7. The second-order valence-corrected chi connectivity index (χ2v) is 7.02. The van der Waals surface area contributed by atoms with Crippen molar-refractivity contribution in [2.45, 2.75) is 51.0 Å². The molecule has 1 fully saturated rings. The van der Waals surface area contributed by atoms with E-state index >= 15 is 0 Å². The lowest BCUT2D eigenvalue weighted by molar-refractivity contribution is 0.224. The van der Waals surface area contributed by atoms with Gasteiger partial charge in [-0.3, -0.25) is 0 Å². The highest BCUT2D eigenvalue weighted by Crippen LogP contribution is 2.43. The quantitative estimate of drug-likeness (QED) is 0.824. The van der Waals surface area contributed by atoms with Crippen LogP contribution in [0.5, 0.6) is 0 Å². The average Bonchev–Trinajstić information content (AvgIpc) is 3.16. The minimum Gasteiger partial charge on any atom is -0.345 e. The van der Waals surface area contributed by atoms with Crippen molar-refractivity contribution in [2.24, 2.45) is 10.2 Å². The Bertz CT molecular complexity index is 868. The number of benzene rings is 1. The zero-order valence-corrected chi connectivity index (χ0v) is 15.1. The highest BCUT2D eigenvalue weighted by molar-refractivity contribution is 6.15. The summed E-state index contributed by atoms with van der Waals surface area (Å²) in [6.45, 7) is 2.14. The van der Waals surface area contributed by atoms with E-state index in [9.17, 15) is 8.78 Å². The Hall–Kier alpha value is -2.70. The number of alkyl halides is 2. The van der Waals surface area contributed by atoms with Crippen LogP contribution in [0, 0.1) is 0 Å². The van der Waals surface area contributed by atoms with Crippen LogP contribution in [-0.2, 0) is 12.0 Å². The van der Waals surface area contributed by atoms with Crippen LogP contribution in [0.2, 0.25) is 0 Å². The molecule has 1 aromatic heterocycles. The first-order valence-electron chi connectivity index (χ1n) is 9.21. The van der Waals surface area contributed by atoms with E-state index in [2.05, 4.69) is 56.7 Å². The van der Waals surface area contributed by atoms with Gasteiger partial charge in [-0.1, -0.05) is 31.2 Å². The highest BCUT2D eigenvalue weighted by Gasteiger charge is 2.39. The Morgan fingerprint density at radius 2 is 1.78 bits per heavy atom. The van der Waals surface area contributed by atoms with Crippen LogP contribution < -0.4 is 5.32 Å². The molecular weight excluding hydrogens is 348 g/mol. The Morgan fingerprint density at radius 1 is 1.07 bits per heavy atom. The minimum absolute atomic E-state index is 0.0432. The van der Waals surface area contributed by atoms with Gasteiger partial charge in [0.25, 0.3) is 6.43 Å². The predicted octanol–water partition coefficient (Wildman–Crippen LogP) is 4.34. The topological polar surface area (TPSA) is 62.5 Å². The predicted molar refractivity (Wildman–Crippen MR) is 102 cm³/mol. The molecule has 0 bridgehead atoms. The van der Waals surface area contributed by atoms with Crippen LogP contribution in [0.3, 0.4) is 0 Å². The summed E-state index contributed by atoms with van der Waals surface area (Å²) in [7, 11) is 0. The molecule has 0 radical (unpaired) electrons. The largest absolute Gasteiger partial charge is 0.345 e. The third kappa shape index (κ3) is 3.46. The molecule has 0 unspecified atom stereocenters. The van der Waals surface area contributed by atoms with E-state index in [1.54, 1.807) is 12.4 Å². The first-order chi connectivity index (χ1) is 13.1. The molecule has 2 heterocycles. The molecule has 5 nitrogen and oxygen atoms in total. The Balaban J connectivity index is 1.47. The molecule has 1 aliphatic carbocycles. The van der Waals surface area contributed by atoms with E-state index in [-0.39, 0.29) is 17.7 Å². The maximum atomic E-state index is 12.7. The van der Waals surface area contributed by atoms with Gasteiger partial charge in [0.1, 0.15) is 5.71 Å². The van der Waals surface area contributed by atoms with Gasteiger partial charge in [-0.05, 0) is 36.8 Å². The van der Waals surface area contributed by atoms with Crippen LogP contribution in [0.4, 0.5) is 14.7 Å². The number of aromatic nitrogens is 2. The first-order valence-corrected chi connectivity index (χ1v) is 9.21. The first kappa shape index (κ1) is 17.7. The third-order valence-corrected chi connectivity index (χ3v) is 5.36. The van der Waals surface area contributed by atoms with Crippen LogP contribution >= 0.6 is 0 Å². The zero-order chi connectivity index (χ0) is 18.9. The molecule has 1 aromatic carbocycles. The summed E-state index contributed by atoms with van der Waals surface area (Å²) in [6, 6.07) is 8.69. The molecule has 2 aliphatic rings. The molecule has 7 heteroatoms. The second kappa shape index (κ2) is 7.13. The van der Waals surface area contributed by atoms with Crippen molar-refractivity contribution in [3.63, 3.8) is 0 Å². The number of halogens is 2. The highest BCUT2D eigenvalue weighted by atomic mass is 19.3. The molecule has 1 N–H and O–H groups in total. The molecular formula is C20H21F2N5. The monoisotopic (exact) mass is 369 g/mol. The summed E-state index contributed by atoms with van der Waals surface area (Å²) in [4.78, 5) is 8.76. The minimum atomic E-state index is -2.58. The van der Waals surface area contributed by atoms with Gasteiger partial charge in [0.15, 0.2) is 0 Å². The molecule has 1 aliphatic heterocycles. The van der Waals surface area contributed by atoms with Gasteiger partial charge in [0, 0.05) is 24.4 Å². The van der Waals surface area contributed by atoms with E-state index in [1.807, 2.05) is 0 Å². The van der Waals surface area contributed by atoms with Crippen molar-refractivity contribution in [2.75, 3.05) is 5.32 Å². The van der Waals surface area contributed by atoms with Crippen molar-refractivity contribution >= 4 is 17.4 Å². The number of nitrogens with one attached hydrogen (secondary N) is 1. The van der Waals surface area contributed by atoms with E-state index in [0.29, 0.717) is 17.2 Å². The van der Waals surface area contributed by atoms with E-state index in [0.717, 1.165) is 25.7 Å². The number of rotatable bonds is 6. The maximum Gasteiger partial charge on any atom is 0.278 e. The van der Waals surface area contributed by atoms with Gasteiger partial charge in [-0.15, -0.1) is 0 Å². The van der Waals surface area contributed by atoms with Crippen molar-refractivity contribution in [3.8, 4) is 0 Å². The molecule has 27 heavy (non-hydrogen) atoms. The van der Waals surface area contributed by atoms with E-state index in [4.69, 9.17) is 0 Å². The lowest BCUT2D eigenvalue weighted by Crippen LogP contribution is -2.42. The summed E-state index contributed by atoms with van der Waals surface area (Å²) in [6.07, 6.45) is 4.93. The summed E-state index contributed by atoms with van der Waals surface area (Å²) in [5.74, 6) is 0.534. The summed E-state index contributed by atoms with van der Waals surface area (Å²) in [5.41, 5.74) is 3.31. The van der Waals surface area contributed by atoms with Crippen molar-refractivity contribution < 1.29 is 8.78 Å². The van der Waals surface area contributed by atoms with E-state index in [1.165, 1.54) is 11.1 Å². The SMILES string of the molecule is CCc1ccc(C2(Nc3ncc(C4=NN=C(C(F)F)C4)cn3)CCC2)cc1.